The Balaban J connectivity index is 2.67. The number of halogens is 2. The van der Waals surface area contributed by atoms with Crippen LogP contribution >= 0.6 is 23.2 Å². The number of nitrogens with two attached hydrogens (primary N) is 1. The van der Waals surface area contributed by atoms with Gasteiger partial charge in [0.05, 0.1) is 16.3 Å². The molecule has 9 heteroatoms. The van der Waals surface area contributed by atoms with Gasteiger partial charge < -0.3 is 5.32 Å². The Labute approximate surface area is 108 Å². The van der Waals surface area contributed by atoms with Crippen LogP contribution in [-0.4, -0.2) is 31.6 Å². The maximum Gasteiger partial charge on any atom is 0.252 e. The van der Waals surface area contributed by atoms with Gasteiger partial charge in [-0.2, -0.15) is 0 Å². The van der Waals surface area contributed by atoms with Crippen molar-refractivity contribution in [2.45, 2.75) is 0 Å². The lowest BCUT2D eigenvalue weighted by atomic mass is 10.2. The Morgan fingerprint density at radius 1 is 1.47 bits per heavy atom. The van der Waals surface area contributed by atoms with Crippen molar-refractivity contribution in [2.75, 3.05) is 12.3 Å². The summed E-state index contributed by atoms with van der Waals surface area (Å²) in [4.78, 5) is 15.3. The highest BCUT2D eigenvalue weighted by Crippen LogP contribution is 2.17. The van der Waals surface area contributed by atoms with Gasteiger partial charge in [0.2, 0.25) is 10.0 Å². The van der Waals surface area contributed by atoms with Crippen LogP contribution in [0.5, 0.6) is 0 Å². The monoisotopic (exact) mass is 297 g/mol. The lowest BCUT2D eigenvalue weighted by Gasteiger charge is -2.05. The molecule has 0 spiro atoms. The minimum absolute atomic E-state index is 0.103. The van der Waals surface area contributed by atoms with Gasteiger partial charge in [0.25, 0.3) is 5.91 Å². The lowest BCUT2D eigenvalue weighted by Crippen LogP contribution is -2.31. The third kappa shape index (κ3) is 4.86. The largest absolute Gasteiger partial charge is 0.351 e. The van der Waals surface area contributed by atoms with Crippen molar-refractivity contribution in [3.8, 4) is 0 Å². The first-order valence-electron chi connectivity index (χ1n) is 4.39. The van der Waals surface area contributed by atoms with Gasteiger partial charge in [0, 0.05) is 12.7 Å². The van der Waals surface area contributed by atoms with E-state index in [0.29, 0.717) is 0 Å². The maximum absolute atomic E-state index is 11.6. The van der Waals surface area contributed by atoms with E-state index < -0.39 is 15.9 Å². The molecule has 0 bridgehead atoms. The molecule has 0 aliphatic carbocycles. The Morgan fingerprint density at radius 2 is 2.12 bits per heavy atom. The number of amides is 1. The second-order valence-electron chi connectivity index (χ2n) is 3.11. The minimum Gasteiger partial charge on any atom is -0.351 e. The summed E-state index contributed by atoms with van der Waals surface area (Å²) in [5, 5.41) is 7.38. The van der Waals surface area contributed by atoms with Crippen molar-refractivity contribution in [3.05, 3.63) is 28.0 Å². The zero-order valence-electron chi connectivity index (χ0n) is 8.48. The van der Waals surface area contributed by atoms with Gasteiger partial charge in [-0.05, 0) is 6.07 Å². The molecular formula is C8H9Cl2N3O3S. The number of carbonyl (C=O) groups excluding carboxylic acids is 1. The standard InChI is InChI=1S/C8H9Cl2N3O3S/c9-6-4-13-7(10)3-5(6)8(14)12-1-2-17(11,15)16/h3-4H,1-2H2,(H,12,14)(H2,11,15,16). The second-order valence-corrected chi connectivity index (χ2v) is 5.64. The summed E-state index contributed by atoms with van der Waals surface area (Å²) in [6.07, 6.45) is 1.23. The predicted molar refractivity (Wildman–Crippen MR) is 64.6 cm³/mol. The number of pyridine rings is 1. The average molecular weight is 298 g/mol. The normalized spacial score (nSPS) is 11.2. The quantitative estimate of drug-likeness (QED) is 0.786. The molecule has 0 aliphatic heterocycles. The Hall–Kier alpha value is -0.890. The summed E-state index contributed by atoms with van der Waals surface area (Å²) in [5.41, 5.74) is 0.126. The molecular weight excluding hydrogens is 289 g/mol. The number of aromatic nitrogens is 1. The lowest BCUT2D eigenvalue weighted by molar-refractivity contribution is 0.0956. The molecule has 0 saturated carbocycles. The van der Waals surface area contributed by atoms with E-state index in [-0.39, 0.29) is 28.0 Å². The second kappa shape index (κ2) is 5.63. The number of hydrogen-bond donors (Lipinski definition) is 2. The van der Waals surface area contributed by atoms with E-state index >= 15 is 0 Å². The van der Waals surface area contributed by atoms with E-state index in [1.165, 1.54) is 12.3 Å². The molecule has 6 nitrogen and oxygen atoms in total. The minimum atomic E-state index is -3.61. The molecule has 0 saturated heterocycles. The Bertz CT molecular complexity index is 533. The van der Waals surface area contributed by atoms with E-state index in [2.05, 4.69) is 10.3 Å². The third-order valence-corrected chi connectivity index (χ3v) is 3.02. The number of sulfonamides is 1. The zero-order valence-corrected chi connectivity index (χ0v) is 10.8. The van der Waals surface area contributed by atoms with Crippen molar-refractivity contribution in [1.82, 2.24) is 10.3 Å². The van der Waals surface area contributed by atoms with Crippen LogP contribution in [0.15, 0.2) is 12.3 Å². The summed E-state index contributed by atoms with van der Waals surface area (Å²) < 4.78 is 21.3. The number of carbonyl (C=O) groups is 1. The first-order chi connectivity index (χ1) is 7.79. The van der Waals surface area contributed by atoms with Gasteiger partial charge in [-0.3, -0.25) is 4.79 Å². The number of hydrogen-bond acceptors (Lipinski definition) is 4. The summed E-state index contributed by atoms with van der Waals surface area (Å²) in [6, 6.07) is 1.29. The Kier molecular flexibility index (Phi) is 4.70. The van der Waals surface area contributed by atoms with Crippen LogP contribution in [0.3, 0.4) is 0 Å². The van der Waals surface area contributed by atoms with Gasteiger partial charge in [-0.25, -0.2) is 18.5 Å². The van der Waals surface area contributed by atoms with E-state index in [1.807, 2.05) is 0 Å². The van der Waals surface area contributed by atoms with Crippen LogP contribution in [0.2, 0.25) is 10.2 Å². The van der Waals surface area contributed by atoms with Crippen molar-refractivity contribution < 1.29 is 13.2 Å². The van der Waals surface area contributed by atoms with Crippen LogP contribution in [0.4, 0.5) is 0 Å². The molecule has 1 aromatic rings. The molecule has 0 atom stereocenters. The molecule has 0 aliphatic rings. The van der Waals surface area contributed by atoms with Gasteiger partial charge in [0.1, 0.15) is 5.15 Å². The van der Waals surface area contributed by atoms with E-state index in [1.54, 1.807) is 0 Å². The van der Waals surface area contributed by atoms with Crippen molar-refractivity contribution >= 4 is 39.1 Å². The molecule has 1 heterocycles. The fraction of sp³-hybridized carbons (Fsp3) is 0.250. The van der Waals surface area contributed by atoms with Crippen molar-refractivity contribution in [2.24, 2.45) is 5.14 Å². The molecule has 94 valence electrons. The molecule has 0 radical (unpaired) electrons. The van der Waals surface area contributed by atoms with Gasteiger partial charge in [-0.1, -0.05) is 23.2 Å². The predicted octanol–water partition coefficient (Wildman–Crippen LogP) is 0.407. The molecule has 0 aromatic carbocycles. The highest BCUT2D eigenvalue weighted by Gasteiger charge is 2.12. The summed E-state index contributed by atoms with van der Waals surface area (Å²) >= 11 is 11.3. The number of primary sulfonamides is 1. The third-order valence-electron chi connectivity index (χ3n) is 1.74. The molecule has 0 unspecified atom stereocenters. The van der Waals surface area contributed by atoms with Gasteiger partial charge >= 0.3 is 0 Å². The van der Waals surface area contributed by atoms with Crippen LogP contribution < -0.4 is 10.5 Å². The van der Waals surface area contributed by atoms with Crippen LogP contribution in [0.1, 0.15) is 10.4 Å². The highest BCUT2D eigenvalue weighted by atomic mass is 35.5. The number of rotatable bonds is 4. The van der Waals surface area contributed by atoms with Crippen LogP contribution in [0.25, 0.3) is 0 Å². The number of nitrogens with zero attached hydrogens (tertiary/aromatic N) is 1. The zero-order chi connectivity index (χ0) is 13.1. The number of nitrogens with one attached hydrogen (secondary N) is 1. The summed E-state index contributed by atoms with van der Waals surface area (Å²) in [7, 11) is -3.61. The van der Waals surface area contributed by atoms with Gasteiger partial charge in [0.15, 0.2) is 0 Å². The first-order valence-corrected chi connectivity index (χ1v) is 6.86. The molecule has 0 fully saturated rings. The molecule has 1 amide bonds. The SMILES string of the molecule is NS(=O)(=O)CCNC(=O)c1cc(Cl)ncc1Cl. The van der Waals surface area contributed by atoms with E-state index in [9.17, 15) is 13.2 Å². The molecule has 1 rings (SSSR count). The maximum atomic E-state index is 11.6. The smallest absolute Gasteiger partial charge is 0.252 e. The molecule has 17 heavy (non-hydrogen) atoms. The fourth-order valence-electron chi connectivity index (χ4n) is 0.989. The first kappa shape index (κ1) is 14.2. The van der Waals surface area contributed by atoms with E-state index in [0.717, 1.165) is 0 Å². The van der Waals surface area contributed by atoms with Gasteiger partial charge in [-0.15, -0.1) is 0 Å². The Morgan fingerprint density at radius 3 is 2.71 bits per heavy atom. The summed E-state index contributed by atoms with van der Waals surface area (Å²) in [6.45, 7) is -0.103. The fourth-order valence-corrected chi connectivity index (χ4v) is 1.72. The highest BCUT2D eigenvalue weighted by molar-refractivity contribution is 7.89. The van der Waals surface area contributed by atoms with Crippen molar-refractivity contribution in [1.29, 1.82) is 0 Å². The van der Waals surface area contributed by atoms with Crippen LogP contribution in [0, 0.1) is 0 Å². The van der Waals surface area contributed by atoms with Crippen molar-refractivity contribution in [3.63, 3.8) is 0 Å². The van der Waals surface area contributed by atoms with E-state index in [4.69, 9.17) is 28.3 Å². The topological polar surface area (TPSA) is 102 Å². The van der Waals surface area contributed by atoms with Crippen LogP contribution in [-0.2, 0) is 10.0 Å². The average Bonchev–Trinajstić information content (AvgIpc) is 2.19. The molecule has 3 N–H and O–H groups in total. The summed E-state index contributed by atoms with van der Waals surface area (Å²) in [5.74, 6) is -0.891. The molecule has 1 aromatic heterocycles.